The van der Waals surface area contributed by atoms with Gasteiger partial charge < -0.3 is 15.2 Å². The molecule has 0 radical (unpaired) electrons. The molecule has 2 rings (SSSR count). The summed E-state index contributed by atoms with van der Waals surface area (Å²) in [7, 11) is 1.48. The number of ether oxygens (including phenoxy) is 2. The number of anilines is 1. The van der Waals surface area contributed by atoms with Crippen LogP contribution in [-0.2, 0) is 11.3 Å². The molecule has 0 fully saturated rings. The van der Waals surface area contributed by atoms with Crippen molar-refractivity contribution in [3.05, 3.63) is 39.8 Å². The Labute approximate surface area is 115 Å². The lowest BCUT2D eigenvalue weighted by molar-refractivity contribution is 0.0464. The van der Waals surface area contributed by atoms with Crippen molar-refractivity contribution in [2.24, 2.45) is 0 Å². The standard InChI is InChI=1S/C13H14N2O3S/c1-8-15-10(7-19-8)6-18-13(16)11-4-3-9(14)5-12(11)17-2/h3-5,7H,6,14H2,1-2H3. The van der Waals surface area contributed by atoms with Crippen LogP contribution >= 0.6 is 11.3 Å². The van der Waals surface area contributed by atoms with E-state index in [1.165, 1.54) is 18.4 Å². The molecular formula is C13H14N2O3S. The number of aromatic nitrogens is 1. The van der Waals surface area contributed by atoms with E-state index in [2.05, 4.69) is 4.98 Å². The fourth-order valence-corrected chi connectivity index (χ4v) is 2.17. The summed E-state index contributed by atoms with van der Waals surface area (Å²) >= 11 is 1.52. The van der Waals surface area contributed by atoms with Crippen LogP contribution in [0.4, 0.5) is 5.69 Å². The van der Waals surface area contributed by atoms with Crippen LogP contribution in [0, 0.1) is 6.92 Å². The van der Waals surface area contributed by atoms with E-state index in [0.29, 0.717) is 17.0 Å². The highest BCUT2D eigenvalue weighted by Crippen LogP contribution is 2.22. The summed E-state index contributed by atoms with van der Waals surface area (Å²) in [6.45, 7) is 2.05. The first-order valence-corrected chi connectivity index (χ1v) is 6.49. The van der Waals surface area contributed by atoms with E-state index in [-0.39, 0.29) is 6.61 Å². The Morgan fingerprint density at radius 3 is 2.89 bits per heavy atom. The molecule has 0 unspecified atom stereocenters. The second-order valence-corrected chi connectivity index (χ2v) is 4.96. The summed E-state index contributed by atoms with van der Waals surface area (Å²) in [6.07, 6.45) is 0. The van der Waals surface area contributed by atoms with Gasteiger partial charge in [0.15, 0.2) is 0 Å². The van der Waals surface area contributed by atoms with Gasteiger partial charge in [-0.15, -0.1) is 11.3 Å². The van der Waals surface area contributed by atoms with Gasteiger partial charge in [0.1, 0.15) is 17.9 Å². The van der Waals surface area contributed by atoms with E-state index in [1.807, 2.05) is 12.3 Å². The maximum Gasteiger partial charge on any atom is 0.342 e. The Morgan fingerprint density at radius 1 is 1.47 bits per heavy atom. The molecule has 1 heterocycles. The molecule has 0 aliphatic carbocycles. The smallest absolute Gasteiger partial charge is 0.342 e. The number of hydrogen-bond acceptors (Lipinski definition) is 6. The van der Waals surface area contributed by atoms with Crippen molar-refractivity contribution >= 4 is 23.0 Å². The van der Waals surface area contributed by atoms with Gasteiger partial charge in [0.2, 0.25) is 0 Å². The molecule has 0 amide bonds. The van der Waals surface area contributed by atoms with Crippen LogP contribution in [0.25, 0.3) is 0 Å². The van der Waals surface area contributed by atoms with E-state index < -0.39 is 5.97 Å². The van der Waals surface area contributed by atoms with Crippen molar-refractivity contribution in [3.8, 4) is 5.75 Å². The van der Waals surface area contributed by atoms with Crippen molar-refractivity contribution in [1.82, 2.24) is 4.98 Å². The predicted octanol–water partition coefficient (Wildman–Crippen LogP) is 2.40. The highest BCUT2D eigenvalue weighted by molar-refractivity contribution is 7.09. The molecule has 1 aromatic carbocycles. The molecule has 5 nitrogen and oxygen atoms in total. The lowest BCUT2D eigenvalue weighted by Gasteiger charge is -2.08. The lowest BCUT2D eigenvalue weighted by Crippen LogP contribution is -2.07. The molecule has 100 valence electrons. The van der Waals surface area contributed by atoms with Crippen LogP contribution in [0.15, 0.2) is 23.6 Å². The lowest BCUT2D eigenvalue weighted by atomic mass is 10.2. The van der Waals surface area contributed by atoms with E-state index in [0.717, 1.165) is 10.7 Å². The molecule has 2 aromatic rings. The monoisotopic (exact) mass is 278 g/mol. The molecule has 0 bridgehead atoms. The number of aryl methyl sites for hydroxylation is 1. The molecule has 0 saturated carbocycles. The van der Waals surface area contributed by atoms with Crippen LogP contribution < -0.4 is 10.5 Å². The molecule has 6 heteroatoms. The van der Waals surface area contributed by atoms with E-state index >= 15 is 0 Å². The van der Waals surface area contributed by atoms with Gasteiger partial charge in [-0.3, -0.25) is 0 Å². The molecule has 0 aliphatic heterocycles. The fourth-order valence-electron chi connectivity index (χ4n) is 1.57. The zero-order valence-corrected chi connectivity index (χ0v) is 11.5. The van der Waals surface area contributed by atoms with E-state index in [4.69, 9.17) is 15.2 Å². The first kappa shape index (κ1) is 13.4. The quantitative estimate of drug-likeness (QED) is 0.686. The number of thiazole rings is 1. The summed E-state index contributed by atoms with van der Waals surface area (Å²) in [5.41, 5.74) is 7.25. The molecule has 19 heavy (non-hydrogen) atoms. The second kappa shape index (κ2) is 5.71. The number of esters is 1. The Hall–Kier alpha value is -2.08. The SMILES string of the molecule is COc1cc(N)ccc1C(=O)OCc1csc(C)n1. The number of benzene rings is 1. The van der Waals surface area contributed by atoms with Crippen molar-refractivity contribution < 1.29 is 14.3 Å². The maximum atomic E-state index is 11.9. The van der Waals surface area contributed by atoms with Gasteiger partial charge >= 0.3 is 5.97 Å². The van der Waals surface area contributed by atoms with Crippen molar-refractivity contribution in [2.45, 2.75) is 13.5 Å². The van der Waals surface area contributed by atoms with Gasteiger partial charge in [-0.05, 0) is 19.1 Å². The van der Waals surface area contributed by atoms with Crippen LogP contribution in [0.5, 0.6) is 5.75 Å². The highest BCUT2D eigenvalue weighted by Gasteiger charge is 2.14. The Morgan fingerprint density at radius 2 is 2.26 bits per heavy atom. The number of carbonyl (C=O) groups is 1. The summed E-state index contributed by atoms with van der Waals surface area (Å²) in [5, 5.41) is 2.80. The van der Waals surface area contributed by atoms with Crippen LogP contribution in [0.1, 0.15) is 21.1 Å². The highest BCUT2D eigenvalue weighted by atomic mass is 32.1. The van der Waals surface area contributed by atoms with Crippen LogP contribution in [0.3, 0.4) is 0 Å². The van der Waals surface area contributed by atoms with Gasteiger partial charge in [0.05, 0.1) is 17.8 Å². The number of carbonyl (C=O) groups excluding carboxylic acids is 1. The first-order chi connectivity index (χ1) is 9.10. The summed E-state index contributed by atoms with van der Waals surface area (Å²) in [5.74, 6) is -0.0537. The zero-order valence-electron chi connectivity index (χ0n) is 10.7. The third kappa shape index (κ3) is 3.23. The number of nitrogens with zero attached hydrogens (tertiary/aromatic N) is 1. The van der Waals surface area contributed by atoms with Gasteiger partial charge in [0.25, 0.3) is 0 Å². The average Bonchev–Trinajstić information content (AvgIpc) is 2.81. The summed E-state index contributed by atoms with van der Waals surface area (Å²) in [4.78, 5) is 16.2. The third-order valence-electron chi connectivity index (χ3n) is 2.46. The van der Waals surface area contributed by atoms with Crippen LogP contribution in [-0.4, -0.2) is 18.1 Å². The fraction of sp³-hybridized carbons (Fsp3) is 0.231. The van der Waals surface area contributed by atoms with Gasteiger partial charge in [0, 0.05) is 17.1 Å². The molecule has 1 aromatic heterocycles. The number of nitrogens with two attached hydrogens (primary N) is 1. The largest absolute Gasteiger partial charge is 0.496 e. The van der Waals surface area contributed by atoms with E-state index in [9.17, 15) is 4.79 Å². The summed E-state index contributed by atoms with van der Waals surface area (Å²) < 4.78 is 10.3. The van der Waals surface area contributed by atoms with Crippen LogP contribution in [0.2, 0.25) is 0 Å². The zero-order chi connectivity index (χ0) is 13.8. The first-order valence-electron chi connectivity index (χ1n) is 5.62. The molecule has 0 aliphatic rings. The number of methoxy groups -OCH3 is 1. The minimum Gasteiger partial charge on any atom is -0.496 e. The molecule has 0 spiro atoms. The molecule has 0 atom stereocenters. The number of rotatable bonds is 4. The minimum atomic E-state index is -0.456. The molecule has 2 N–H and O–H groups in total. The number of hydrogen-bond donors (Lipinski definition) is 1. The second-order valence-electron chi connectivity index (χ2n) is 3.89. The normalized spacial score (nSPS) is 10.2. The van der Waals surface area contributed by atoms with Gasteiger partial charge in [-0.1, -0.05) is 0 Å². The Kier molecular flexibility index (Phi) is 4.01. The topological polar surface area (TPSA) is 74.4 Å². The Bertz CT molecular complexity index is 595. The van der Waals surface area contributed by atoms with Gasteiger partial charge in [-0.2, -0.15) is 0 Å². The van der Waals surface area contributed by atoms with Crippen molar-refractivity contribution in [2.75, 3.05) is 12.8 Å². The third-order valence-corrected chi connectivity index (χ3v) is 3.29. The Balaban J connectivity index is 2.07. The molecule has 0 saturated heterocycles. The average molecular weight is 278 g/mol. The summed E-state index contributed by atoms with van der Waals surface area (Å²) in [6, 6.07) is 4.80. The number of nitrogen functional groups attached to an aromatic ring is 1. The predicted molar refractivity (Wildman–Crippen MR) is 73.4 cm³/mol. The van der Waals surface area contributed by atoms with Crippen molar-refractivity contribution in [3.63, 3.8) is 0 Å². The maximum absolute atomic E-state index is 11.9. The van der Waals surface area contributed by atoms with Gasteiger partial charge in [-0.25, -0.2) is 9.78 Å². The van der Waals surface area contributed by atoms with Crippen molar-refractivity contribution in [1.29, 1.82) is 0 Å². The van der Waals surface area contributed by atoms with E-state index in [1.54, 1.807) is 18.2 Å². The molecular weight excluding hydrogens is 264 g/mol. The minimum absolute atomic E-state index is 0.150.